The van der Waals surface area contributed by atoms with Crippen molar-refractivity contribution in [1.82, 2.24) is 0 Å². The fourth-order valence-corrected chi connectivity index (χ4v) is 2.00. The van der Waals surface area contributed by atoms with Crippen molar-refractivity contribution in [3.05, 3.63) is 71.0 Å². The molecule has 2 rings (SSSR count). The van der Waals surface area contributed by atoms with Crippen LogP contribution in [0.4, 0.5) is 4.39 Å². The first-order valence-electron chi connectivity index (χ1n) is 5.73. The topological polar surface area (TPSA) is 26.0 Å². The first-order chi connectivity index (χ1) is 8.22. The van der Waals surface area contributed by atoms with E-state index in [-0.39, 0.29) is 11.7 Å². The van der Waals surface area contributed by atoms with Gasteiger partial charge in [-0.2, -0.15) is 0 Å². The highest BCUT2D eigenvalue weighted by Crippen LogP contribution is 2.25. The van der Waals surface area contributed by atoms with Crippen LogP contribution < -0.4 is 5.73 Å². The fraction of sp³-hybridized carbons (Fsp3) is 0.200. The standard InChI is InChI=1S/C15H16FN/c1-11-6-8-12(9-7-11)14(10-17)13-4-2-3-5-15(13)16/h2-9,14H,10,17H2,1H3. The molecule has 2 N–H and O–H groups in total. The Kier molecular flexibility index (Phi) is 3.55. The summed E-state index contributed by atoms with van der Waals surface area (Å²) >= 11 is 0. The van der Waals surface area contributed by atoms with E-state index < -0.39 is 0 Å². The van der Waals surface area contributed by atoms with Crippen LogP contribution >= 0.6 is 0 Å². The first kappa shape index (κ1) is 11.8. The average Bonchev–Trinajstić information content (AvgIpc) is 2.35. The molecule has 0 aliphatic heterocycles. The number of benzene rings is 2. The average molecular weight is 229 g/mol. The minimum Gasteiger partial charge on any atom is -0.330 e. The summed E-state index contributed by atoms with van der Waals surface area (Å²) < 4.78 is 13.7. The van der Waals surface area contributed by atoms with Crippen LogP contribution in [0, 0.1) is 12.7 Å². The van der Waals surface area contributed by atoms with E-state index in [4.69, 9.17) is 5.73 Å². The highest BCUT2D eigenvalue weighted by molar-refractivity contribution is 5.35. The first-order valence-corrected chi connectivity index (χ1v) is 5.73. The van der Waals surface area contributed by atoms with E-state index >= 15 is 0 Å². The molecule has 2 aromatic carbocycles. The Morgan fingerprint density at radius 1 is 1.06 bits per heavy atom. The van der Waals surface area contributed by atoms with Crippen molar-refractivity contribution >= 4 is 0 Å². The Hall–Kier alpha value is -1.67. The van der Waals surface area contributed by atoms with Gasteiger partial charge in [0, 0.05) is 12.5 Å². The quantitative estimate of drug-likeness (QED) is 0.859. The summed E-state index contributed by atoms with van der Waals surface area (Å²) in [6, 6.07) is 14.9. The summed E-state index contributed by atoms with van der Waals surface area (Å²) in [7, 11) is 0. The molecule has 2 heteroatoms. The number of aryl methyl sites for hydroxylation is 1. The van der Waals surface area contributed by atoms with Gasteiger partial charge in [0.2, 0.25) is 0 Å². The lowest BCUT2D eigenvalue weighted by Gasteiger charge is -2.16. The van der Waals surface area contributed by atoms with E-state index in [1.807, 2.05) is 37.3 Å². The Morgan fingerprint density at radius 2 is 1.71 bits per heavy atom. The van der Waals surface area contributed by atoms with Gasteiger partial charge in [0.25, 0.3) is 0 Å². The normalized spacial score (nSPS) is 12.4. The summed E-state index contributed by atoms with van der Waals surface area (Å²) in [5.74, 6) is -0.264. The zero-order chi connectivity index (χ0) is 12.3. The van der Waals surface area contributed by atoms with Crippen LogP contribution in [-0.4, -0.2) is 6.54 Å². The van der Waals surface area contributed by atoms with Crippen molar-refractivity contribution in [2.24, 2.45) is 5.73 Å². The molecule has 1 nitrogen and oxygen atoms in total. The Morgan fingerprint density at radius 3 is 2.29 bits per heavy atom. The monoisotopic (exact) mass is 229 g/mol. The van der Waals surface area contributed by atoms with Crippen LogP contribution in [0.15, 0.2) is 48.5 Å². The molecule has 17 heavy (non-hydrogen) atoms. The maximum Gasteiger partial charge on any atom is 0.127 e. The van der Waals surface area contributed by atoms with E-state index in [1.54, 1.807) is 12.1 Å². The molecule has 0 radical (unpaired) electrons. The van der Waals surface area contributed by atoms with Crippen LogP contribution in [-0.2, 0) is 0 Å². The van der Waals surface area contributed by atoms with Gasteiger partial charge in [-0.25, -0.2) is 4.39 Å². The lowest BCUT2D eigenvalue weighted by atomic mass is 9.90. The largest absolute Gasteiger partial charge is 0.330 e. The molecule has 0 saturated carbocycles. The third kappa shape index (κ3) is 2.53. The van der Waals surface area contributed by atoms with Crippen LogP contribution in [0.3, 0.4) is 0 Å². The third-order valence-corrected chi connectivity index (χ3v) is 3.00. The van der Waals surface area contributed by atoms with Crippen LogP contribution in [0.25, 0.3) is 0 Å². The van der Waals surface area contributed by atoms with Gasteiger partial charge in [-0.3, -0.25) is 0 Å². The molecule has 2 aromatic rings. The highest BCUT2D eigenvalue weighted by Gasteiger charge is 2.15. The molecule has 0 amide bonds. The fourth-order valence-electron chi connectivity index (χ4n) is 2.00. The summed E-state index contributed by atoms with van der Waals surface area (Å²) in [4.78, 5) is 0. The van der Waals surface area contributed by atoms with E-state index in [0.29, 0.717) is 12.1 Å². The van der Waals surface area contributed by atoms with Gasteiger partial charge in [-0.15, -0.1) is 0 Å². The maximum absolute atomic E-state index is 13.7. The number of hydrogen-bond donors (Lipinski definition) is 1. The molecule has 0 aliphatic rings. The Balaban J connectivity index is 2.40. The van der Waals surface area contributed by atoms with Crippen molar-refractivity contribution in [2.45, 2.75) is 12.8 Å². The molecule has 0 fully saturated rings. The van der Waals surface area contributed by atoms with Crippen molar-refractivity contribution in [1.29, 1.82) is 0 Å². The summed E-state index contributed by atoms with van der Waals surface area (Å²) in [6.45, 7) is 2.44. The van der Waals surface area contributed by atoms with Gasteiger partial charge in [-0.05, 0) is 24.1 Å². The molecule has 1 unspecified atom stereocenters. The van der Waals surface area contributed by atoms with Gasteiger partial charge >= 0.3 is 0 Å². The molecule has 0 heterocycles. The van der Waals surface area contributed by atoms with Crippen molar-refractivity contribution in [3.8, 4) is 0 Å². The zero-order valence-corrected chi connectivity index (χ0v) is 9.86. The number of rotatable bonds is 3. The summed E-state index contributed by atoms with van der Waals surface area (Å²) in [6.07, 6.45) is 0. The summed E-state index contributed by atoms with van der Waals surface area (Å²) in [5, 5.41) is 0. The van der Waals surface area contributed by atoms with E-state index in [1.165, 1.54) is 11.6 Å². The molecule has 0 spiro atoms. The SMILES string of the molecule is Cc1ccc(C(CN)c2ccccc2F)cc1. The molecular weight excluding hydrogens is 213 g/mol. The number of hydrogen-bond acceptors (Lipinski definition) is 1. The molecule has 88 valence electrons. The van der Waals surface area contributed by atoms with Gasteiger partial charge in [0.15, 0.2) is 0 Å². The lowest BCUT2D eigenvalue weighted by molar-refractivity contribution is 0.597. The minimum atomic E-state index is -0.191. The van der Waals surface area contributed by atoms with Gasteiger partial charge in [-0.1, -0.05) is 48.0 Å². The second kappa shape index (κ2) is 5.11. The molecule has 0 aliphatic carbocycles. The van der Waals surface area contributed by atoms with Gasteiger partial charge < -0.3 is 5.73 Å². The molecule has 0 bridgehead atoms. The minimum absolute atomic E-state index is 0.0724. The van der Waals surface area contributed by atoms with Crippen LogP contribution in [0.2, 0.25) is 0 Å². The van der Waals surface area contributed by atoms with Gasteiger partial charge in [0.05, 0.1) is 0 Å². The molecule has 0 aromatic heterocycles. The van der Waals surface area contributed by atoms with Crippen LogP contribution in [0.5, 0.6) is 0 Å². The van der Waals surface area contributed by atoms with E-state index in [0.717, 1.165) is 5.56 Å². The van der Waals surface area contributed by atoms with E-state index in [9.17, 15) is 4.39 Å². The Labute approximate surface area is 101 Å². The second-order valence-electron chi connectivity index (χ2n) is 4.22. The smallest absolute Gasteiger partial charge is 0.127 e. The molecule has 0 saturated heterocycles. The number of nitrogens with two attached hydrogens (primary N) is 1. The van der Waals surface area contributed by atoms with Crippen molar-refractivity contribution < 1.29 is 4.39 Å². The van der Waals surface area contributed by atoms with Crippen LogP contribution in [0.1, 0.15) is 22.6 Å². The zero-order valence-electron chi connectivity index (χ0n) is 9.86. The van der Waals surface area contributed by atoms with Crippen molar-refractivity contribution in [3.63, 3.8) is 0 Å². The molecular formula is C15H16FN. The number of halogens is 1. The maximum atomic E-state index is 13.7. The highest BCUT2D eigenvalue weighted by atomic mass is 19.1. The lowest BCUT2D eigenvalue weighted by Crippen LogP contribution is -2.15. The predicted octanol–water partition coefficient (Wildman–Crippen LogP) is 3.22. The third-order valence-electron chi connectivity index (χ3n) is 3.00. The summed E-state index contributed by atoms with van der Waals surface area (Å²) in [5.41, 5.74) is 8.69. The van der Waals surface area contributed by atoms with E-state index in [2.05, 4.69) is 0 Å². The second-order valence-corrected chi connectivity index (χ2v) is 4.22. The predicted molar refractivity (Wildman–Crippen MR) is 68.5 cm³/mol. The van der Waals surface area contributed by atoms with Crippen molar-refractivity contribution in [2.75, 3.05) is 6.54 Å². The Bertz CT molecular complexity index is 491. The van der Waals surface area contributed by atoms with Gasteiger partial charge in [0.1, 0.15) is 5.82 Å². The molecule has 1 atom stereocenters.